The Morgan fingerprint density at radius 2 is 1.54 bits per heavy atom. The van der Waals surface area contributed by atoms with Gasteiger partial charge in [0.05, 0.1) is 0 Å². The molecule has 172 valence electrons. The van der Waals surface area contributed by atoms with Gasteiger partial charge in [0, 0.05) is 14.9 Å². The van der Waals surface area contributed by atoms with E-state index < -0.39 is 5.91 Å². The molecule has 4 aromatic carbocycles. The van der Waals surface area contributed by atoms with Crippen molar-refractivity contribution in [3.63, 3.8) is 0 Å². The molecule has 0 bridgehead atoms. The Hall–Kier alpha value is -4.16. The van der Waals surface area contributed by atoms with Gasteiger partial charge < -0.3 is 15.4 Å². The number of anilines is 2. The summed E-state index contributed by atoms with van der Waals surface area (Å²) in [4.78, 5) is 24.7. The summed E-state index contributed by atoms with van der Waals surface area (Å²) in [5.41, 5.74) is 1.95. The maximum Gasteiger partial charge on any atom is 0.266 e. The first-order valence-electron chi connectivity index (χ1n) is 10.7. The zero-order chi connectivity index (χ0) is 24.6. The third-order valence-electron chi connectivity index (χ3n) is 5.06. The van der Waals surface area contributed by atoms with Crippen LogP contribution in [0.3, 0.4) is 0 Å². The van der Waals surface area contributed by atoms with Crippen LogP contribution in [0.1, 0.15) is 5.56 Å². The van der Waals surface area contributed by atoms with Crippen molar-refractivity contribution < 1.29 is 14.3 Å². The first-order chi connectivity index (χ1) is 17.0. The van der Waals surface area contributed by atoms with Gasteiger partial charge in [-0.25, -0.2) is 0 Å². The Bertz CT molecular complexity index is 1440. The van der Waals surface area contributed by atoms with Crippen LogP contribution in [0.4, 0.5) is 11.4 Å². The summed E-state index contributed by atoms with van der Waals surface area (Å²) in [6, 6.07) is 29.6. The monoisotopic (exact) mass is 573 g/mol. The Morgan fingerprint density at radius 1 is 0.857 bits per heavy atom. The molecule has 0 saturated heterocycles. The van der Waals surface area contributed by atoms with Gasteiger partial charge in [0.15, 0.2) is 6.61 Å². The molecule has 0 radical (unpaired) electrons. The minimum Gasteiger partial charge on any atom is -0.484 e. The minimum absolute atomic E-state index is 0.0243. The average molecular weight is 573 g/mol. The normalized spacial score (nSPS) is 10.9. The van der Waals surface area contributed by atoms with E-state index in [4.69, 9.17) is 4.74 Å². The summed E-state index contributed by atoms with van der Waals surface area (Å²) < 4.78 is 6.61. The second kappa shape index (κ2) is 11.3. The molecule has 6 nitrogen and oxygen atoms in total. The van der Waals surface area contributed by atoms with Gasteiger partial charge in [0.1, 0.15) is 17.4 Å². The number of nitriles is 1. The summed E-state index contributed by atoms with van der Waals surface area (Å²) in [5.74, 6) is -0.262. The average Bonchev–Trinajstić information content (AvgIpc) is 2.88. The zero-order valence-corrected chi connectivity index (χ0v) is 20.7. The van der Waals surface area contributed by atoms with E-state index in [2.05, 4.69) is 33.2 Å². The van der Waals surface area contributed by atoms with Crippen LogP contribution in [0, 0.1) is 14.9 Å². The molecular formula is C28H20IN3O3. The topological polar surface area (TPSA) is 91.2 Å². The summed E-state index contributed by atoms with van der Waals surface area (Å²) in [6.45, 7) is -0.140. The van der Waals surface area contributed by atoms with E-state index in [1.807, 2.05) is 66.7 Å². The van der Waals surface area contributed by atoms with Crippen LogP contribution in [-0.2, 0) is 9.59 Å². The van der Waals surface area contributed by atoms with E-state index >= 15 is 0 Å². The Balaban J connectivity index is 1.35. The standard InChI is InChI=1S/C28H20IN3O3/c29-23-8-11-24(12-9-23)31-27(33)18-35-26-13-5-19(6-14-26)15-22(17-30)28(34)32-25-10-7-20-3-1-2-4-21(20)16-25/h1-16H,18H2,(H,31,33)(H,32,34)/b22-15+. The predicted molar refractivity (Wildman–Crippen MR) is 146 cm³/mol. The number of hydrogen-bond acceptors (Lipinski definition) is 4. The van der Waals surface area contributed by atoms with Crippen molar-refractivity contribution in [2.45, 2.75) is 0 Å². The van der Waals surface area contributed by atoms with Gasteiger partial charge in [-0.2, -0.15) is 5.26 Å². The molecule has 2 amide bonds. The van der Waals surface area contributed by atoms with E-state index in [1.54, 1.807) is 30.3 Å². The molecule has 0 saturated carbocycles. The number of fused-ring (bicyclic) bond motifs is 1. The van der Waals surface area contributed by atoms with Crippen molar-refractivity contribution in [1.29, 1.82) is 5.26 Å². The summed E-state index contributed by atoms with van der Waals surface area (Å²) >= 11 is 2.20. The van der Waals surface area contributed by atoms with Gasteiger partial charge in [-0.3, -0.25) is 9.59 Å². The van der Waals surface area contributed by atoms with Crippen LogP contribution in [0.5, 0.6) is 5.75 Å². The number of amides is 2. The number of ether oxygens (including phenoxy) is 1. The van der Waals surface area contributed by atoms with Crippen molar-refractivity contribution in [3.8, 4) is 11.8 Å². The lowest BCUT2D eigenvalue weighted by Gasteiger charge is -2.08. The van der Waals surface area contributed by atoms with Crippen LogP contribution in [0.25, 0.3) is 16.8 Å². The lowest BCUT2D eigenvalue weighted by Crippen LogP contribution is -2.20. The third-order valence-corrected chi connectivity index (χ3v) is 5.78. The van der Waals surface area contributed by atoms with Gasteiger partial charge in [-0.15, -0.1) is 0 Å². The number of nitrogens with one attached hydrogen (secondary N) is 2. The van der Waals surface area contributed by atoms with Crippen LogP contribution >= 0.6 is 22.6 Å². The number of rotatable bonds is 7. The van der Waals surface area contributed by atoms with Gasteiger partial charge in [-0.1, -0.05) is 42.5 Å². The van der Waals surface area contributed by atoms with Crippen LogP contribution in [0.15, 0.2) is 96.6 Å². The number of carbonyl (C=O) groups is 2. The molecule has 0 aliphatic carbocycles. The van der Waals surface area contributed by atoms with Gasteiger partial charge in [-0.05, 0) is 93.5 Å². The van der Waals surface area contributed by atoms with Crippen molar-refractivity contribution in [3.05, 3.63) is 106 Å². The van der Waals surface area contributed by atoms with Crippen LogP contribution in [0.2, 0.25) is 0 Å². The van der Waals surface area contributed by atoms with E-state index in [9.17, 15) is 14.9 Å². The maximum absolute atomic E-state index is 12.6. The molecule has 7 heteroatoms. The van der Waals surface area contributed by atoms with Gasteiger partial charge >= 0.3 is 0 Å². The molecule has 0 heterocycles. The maximum atomic E-state index is 12.6. The lowest BCUT2D eigenvalue weighted by molar-refractivity contribution is -0.118. The fourth-order valence-electron chi connectivity index (χ4n) is 3.32. The Morgan fingerprint density at radius 3 is 2.26 bits per heavy atom. The third kappa shape index (κ3) is 6.68. The van der Waals surface area contributed by atoms with Crippen molar-refractivity contribution in [1.82, 2.24) is 0 Å². The first-order valence-corrected chi connectivity index (χ1v) is 11.8. The molecule has 0 aliphatic rings. The highest BCUT2D eigenvalue weighted by Crippen LogP contribution is 2.20. The van der Waals surface area contributed by atoms with E-state index in [0.717, 1.165) is 14.3 Å². The molecule has 2 N–H and O–H groups in total. The van der Waals surface area contributed by atoms with Crippen LogP contribution in [-0.4, -0.2) is 18.4 Å². The van der Waals surface area contributed by atoms with E-state index in [1.165, 1.54) is 6.08 Å². The molecule has 0 atom stereocenters. The van der Waals surface area contributed by atoms with Gasteiger partial charge in [0.25, 0.3) is 11.8 Å². The summed E-state index contributed by atoms with van der Waals surface area (Å²) in [6.07, 6.45) is 1.50. The molecule has 35 heavy (non-hydrogen) atoms. The largest absolute Gasteiger partial charge is 0.484 e. The van der Waals surface area contributed by atoms with Gasteiger partial charge in [0.2, 0.25) is 0 Å². The highest BCUT2D eigenvalue weighted by Gasteiger charge is 2.10. The summed E-state index contributed by atoms with van der Waals surface area (Å²) in [7, 11) is 0. The zero-order valence-electron chi connectivity index (χ0n) is 18.5. The number of nitrogens with zero attached hydrogens (tertiary/aromatic N) is 1. The van der Waals surface area contributed by atoms with Crippen molar-refractivity contribution in [2.75, 3.05) is 17.2 Å². The fourth-order valence-corrected chi connectivity index (χ4v) is 3.68. The quantitative estimate of drug-likeness (QED) is 0.161. The van der Waals surface area contributed by atoms with E-state index in [-0.39, 0.29) is 18.1 Å². The molecule has 0 aromatic heterocycles. The second-order valence-electron chi connectivity index (χ2n) is 7.60. The molecule has 0 fully saturated rings. The smallest absolute Gasteiger partial charge is 0.266 e. The SMILES string of the molecule is N#C/C(=C\c1ccc(OCC(=O)Nc2ccc(I)cc2)cc1)C(=O)Nc1ccc2ccccc2c1. The number of halogens is 1. The lowest BCUT2D eigenvalue weighted by atomic mass is 10.1. The summed E-state index contributed by atoms with van der Waals surface area (Å²) in [5, 5.41) is 17.1. The molecule has 0 aliphatic heterocycles. The second-order valence-corrected chi connectivity index (χ2v) is 8.84. The molecular weight excluding hydrogens is 553 g/mol. The molecule has 4 aromatic rings. The Labute approximate surface area is 216 Å². The predicted octanol–water partition coefficient (Wildman–Crippen LogP) is 6.01. The fraction of sp³-hybridized carbons (Fsp3) is 0.0357. The Kier molecular flexibility index (Phi) is 7.75. The minimum atomic E-state index is -0.490. The highest BCUT2D eigenvalue weighted by atomic mass is 127. The van der Waals surface area contributed by atoms with Crippen molar-refractivity contribution in [2.24, 2.45) is 0 Å². The van der Waals surface area contributed by atoms with Crippen molar-refractivity contribution >= 4 is 62.6 Å². The molecule has 4 rings (SSSR count). The molecule has 0 unspecified atom stereocenters. The molecule has 0 spiro atoms. The number of hydrogen-bond donors (Lipinski definition) is 2. The number of benzene rings is 4. The van der Waals surface area contributed by atoms with Crippen LogP contribution < -0.4 is 15.4 Å². The van der Waals surface area contributed by atoms with E-state index in [0.29, 0.717) is 22.7 Å². The highest BCUT2D eigenvalue weighted by molar-refractivity contribution is 14.1. The number of carbonyl (C=O) groups excluding carboxylic acids is 2. The first kappa shape index (κ1) is 24.0.